The molecule has 0 saturated carbocycles. The van der Waals surface area contributed by atoms with Crippen LogP contribution in [-0.4, -0.2) is 23.9 Å². The van der Waals surface area contributed by atoms with E-state index in [1.807, 2.05) is 0 Å². The van der Waals surface area contributed by atoms with Crippen molar-refractivity contribution in [1.82, 2.24) is 4.90 Å². The summed E-state index contributed by atoms with van der Waals surface area (Å²) in [6.07, 6.45) is 0.245. The molecule has 5 nitrogen and oxygen atoms in total. The van der Waals surface area contributed by atoms with E-state index in [1.165, 1.54) is 11.0 Å². The molecule has 0 N–H and O–H groups in total. The Morgan fingerprint density at radius 1 is 1.42 bits per heavy atom. The van der Waals surface area contributed by atoms with E-state index < -0.39 is 11.6 Å². The molecule has 19 heavy (non-hydrogen) atoms. The molecule has 1 saturated heterocycles. The summed E-state index contributed by atoms with van der Waals surface area (Å²) >= 11 is 0. The Labute approximate surface area is 108 Å². The van der Waals surface area contributed by atoms with Gasteiger partial charge in [0.1, 0.15) is 11.6 Å². The van der Waals surface area contributed by atoms with Gasteiger partial charge in [0.15, 0.2) is 0 Å². The number of azide groups is 1. The van der Waals surface area contributed by atoms with E-state index in [9.17, 15) is 13.6 Å². The van der Waals surface area contributed by atoms with E-state index >= 15 is 0 Å². The standard InChI is InChI=1S/C12H12F2N4O/c13-10-2-1-3-11(14)9(10)7-18-6-8(4-12(18)19)5-16-17-15/h1-3,8H,4-7H2. The van der Waals surface area contributed by atoms with Crippen LogP contribution in [0.25, 0.3) is 10.4 Å². The van der Waals surface area contributed by atoms with Crippen molar-refractivity contribution in [2.24, 2.45) is 11.0 Å². The van der Waals surface area contributed by atoms with E-state index in [1.54, 1.807) is 0 Å². The van der Waals surface area contributed by atoms with Gasteiger partial charge in [0.2, 0.25) is 5.91 Å². The first kappa shape index (κ1) is 13.3. The normalized spacial score (nSPS) is 18.5. The van der Waals surface area contributed by atoms with E-state index in [2.05, 4.69) is 10.0 Å². The molecule has 1 aromatic carbocycles. The van der Waals surface area contributed by atoms with Crippen LogP contribution in [0.5, 0.6) is 0 Å². The van der Waals surface area contributed by atoms with Gasteiger partial charge in [-0.3, -0.25) is 4.79 Å². The number of amides is 1. The van der Waals surface area contributed by atoms with Crippen LogP contribution in [0.1, 0.15) is 12.0 Å². The summed E-state index contributed by atoms with van der Waals surface area (Å²) in [6.45, 7) is 0.480. The second-order valence-electron chi connectivity index (χ2n) is 4.46. The lowest BCUT2D eigenvalue weighted by molar-refractivity contribution is -0.128. The van der Waals surface area contributed by atoms with Gasteiger partial charge < -0.3 is 4.90 Å². The molecule has 0 bridgehead atoms. The highest BCUT2D eigenvalue weighted by Gasteiger charge is 2.30. The van der Waals surface area contributed by atoms with Crippen LogP contribution in [0.4, 0.5) is 8.78 Å². The summed E-state index contributed by atoms with van der Waals surface area (Å²) in [5.41, 5.74) is 8.12. The third-order valence-electron chi connectivity index (χ3n) is 3.11. The molecule has 1 fully saturated rings. The van der Waals surface area contributed by atoms with Crippen molar-refractivity contribution in [3.05, 3.63) is 45.8 Å². The second-order valence-corrected chi connectivity index (χ2v) is 4.46. The zero-order chi connectivity index (χ0) is 13.8. The molecule has 1 amide bonds. The molecular formula is C12H12F2N4O. The fourth-order valence-corrected chi connectivity index (χ4v) is 2.16. The van der Waals surface area contributed by atoms with Crippen LogP contribution >= 0.6 is 0 Å². The number of nitrogens with zero attached hydrogens (tertiary/aromatic N) is 4. The molecule has 1 aliphatic heterocycles. The molecule has 1 aromatic rings. The summed E-state index contributed by atoms with van der Waals surface area (Å²) in [5.74, 6) is -1.59. The number of benzene rings is 1. The van der Waals surface area contributed by atoms with Gasteiger partial charge in [-0.05, 0) is 23.6 Å². The van der Waals surface area contributed by atoms with Gasteiger partial charge in [0.05, 0.1) is 6.54 Å². The lowest BCUT2D eigenvalue weighted by atomic mass is 10.1. The Bertz CT molecular complexity index is 522. The van der Waals surface area contributed by atoms with E-state index in [0.29, 0.717) is 6.54 Å². The maximum atomic E-state index is 13.5. The van der Waals surface area contributed by atoms with Crippen LogP contribution in [0.2, 0.25) is 0 Å². The molecule has 0 aromatic heterocycles. The van der Waals surface area contributed by atoms with Gasteiger partial charge in [0.25, 0.3) is 0 Å². The van der Waals surface area contributed by atoms with Crippen LogP contribution in [0, 0.1) is 17.6 Å². The minimum atomic E-state index is -0.661. The maximum Gasteiger partial charge on any atom is 0.223 e. The smallest absolute Gasteiger partial charge is 0.223 e. The topological polar surface area (TPSA) is 69.1 Å². The SMILES string of the molecule is [N-]=[N+]=NCC1CC(=O)N(Cc2c(F)cccc2F)C1. The highest BCUT2D eigenvalue weighted by Crippen LogP contribution is 2.22. The zero-order valence-electron chi connectivity index (χ0n) is 10.1. The van der Waals surface area contributed by atoms with Crippen molar-refractivity contribution in [3.63, 3.8) is 0 Å². The molecule has 2 rings (SSSR count). The summed E-state index contributed by atoms with van der Waals surface area (Å²) in [6, 6.07) is 3.61. The van der Waals surface area contributed by atoms with E-state index in [0.717, 1.165) is 12.1 Å². The number of carbonyl (C=O) groups excluding carboxylic acids is 1. The van der Waals surface area contributed by atoms with Gasteiger partial charge in [0, 0.05) is 30.0 Å². The molecular weight excluding hydrogens is 254 g/mol. The number of carbonyl (C=O) groups is 1. The van der Waals surface area contributed by atoms with Crippen LogP contribution < -0.4 is 0 Å². The van der Waals surface area contributed by atoms with Gasteiger partial charge >= 0.3 is 0 Å². The predicted octanol–water partition coefficient (Wildman–Crippen LogP) is 2.62. The van der Waals surface area contributed by atoms with Crippen molar-refractivity contribution in [1.29, 1.82) is 0 Å². The lowest BCUT2D eigenvalue weighted by Crippen LogP contribution is -2.26. The molecule has 1 atom stereocenters. The maximum absolute atomic E-state index is 13.5. The predicted molar refractivity (Wildman–Crippen MR) is 63.9 cm³/mol. The highest BCUT2D eigenvalue weighted by molar-refractivity contribution is 5.78. The number of likely N-dealkylation sites (tertiary alicyclic amines) is 1. The summed E-state index contributed by atoms with van der Waals surface area (Å²) < 4.78 is 27.0. The van der Waals surface area contributed by atoms with Crippen LogP contribution in [0.3, 0.4) is 0 Å². The fourth-order valence-electron chi connectivity index (χ4n) is 2.16. The van der Waals surface area contributed by atoms with Gasteiger partial charge in [-0.1, -0.05) is 11.2 Å². The Kier molecular flexibility index (Phi) is 3.97. The molecule has 100 valence electrons. The Balaban J connectivity index is 2.07. The first-order valence-electron chi connectivity index (χ1n) is 5.83. The first-order chi connectivity index (χ1) is 9.11. The monoisotopic (exact) mass is 266 g/mol. The summed E-state index contributed by atoms with van der Waals surface area (Å²) in [7, 11) is 0. The van der Waals surface area contributed by atoms with Crippen molar-refractivity contribution in [2.75, 3.05) is 13.1 Å². The highest BCUT2D eigenvalue weighted by atomic mass is 19.1. The molecule has 0 spiro atoms. The molecule has 0 radical (unpaired) electrons. The van der Waals surface area contributed by atoms with E-state index in [4.69, 9.17) is 5.53 Å². The van der Waals surface area contributed by atoms with Gasteiger partial charge in [-0.15, -0.1) is 0 Å². The van der Waals surface area contributed by atoms with E-state index in [-0.39, 0.29) is 36.9 Å². The second kappa shape index (κ2) is 5.67. The average molecular weight is 266 g/mol. The van der Waals surface area contributed by atoms with Gasteiger partial charge in [-0.25, -0.2) is 8.78 Å². The largest absolute Gasteiger partial charge is 0.338 e. The minimum absolute atomic E-state index is 0.0850. The van der Waals surface area contributed by atoms with Crippen molar-refractivity contribution < 1.29 is 13.6 Å². The molecule has 7 heteroatoms. The van der Waals surface area contributed by atoms with Crippen molar-refractivity contribution >= 4 is 5.91 Å². The number of hydrogen-bond donors (Lipinski definition) is 0. The lowest BCUT2D eigenvalue weighted by Gasteiger charge is -2.17. The molecule has 1 unspecified atom stereocenters. The van der Waals surface area contributed by atoms with Gasteiger partial charge in [-0.2, -0.15) is 0 Å². The Hall–Kier alpha value is -2.14. The molecule has 1 aliphatic rings. The van der Waals surface area contributed by atoms with Crippen LogP contribution in [0.15, 0.2) is 23.3 Å². The number of halogens is 2. The first-order valence-corrected chi connectivity index (χ1v) is 5.83. The van der Waals surface area contributed by atoms with Crippen molar-refractivity contribution in [3.8, 4) is 0 Å². The third kappa shape index (κ3) is 3.00. The minimum Gasteiger partial charge on any atom is -0.338 e. The molecule has 0 aliphatic carbocycles. The number of hydrogen-bond acceptors (Lipinski definition) is 2. The average Bonchev–Trinajstić information content (AvgIpc) is 2.72. The quantitative estimate of drug-likeness (QED) is 0.469. The van der Waals surface area contributed by atoms with Crippen molar-refractivity contribution in [2.45, 2.75) is 13.0 Å². The number of rotatable bonds is 4. The fraction of sp³-hybridized carbons (Fsp3) is 0.417. The molecule has 1 heterocycles. The third-order valence-corrected chi connectivity index (χ3v) is 3.11. The van der Waals surface area contributed by atoms with Crippen LogP contribution in [-0.2, 0) is 11.3 Å². The summed E-state index contributed by atoms with van der Waals surface area (Å²) in [4.78, 5) is 15.7. The zero-order valence-corrected chi connectivity index (χ0v) is 10.1. The summed E-state index contributed by atoms with van der Waals surface area (Å²) in [5, 5.41) is 3.42. The Morgan fingerprint density at radius 3 is 2.74 bits per heavy atom. The Morgan fingerprint density at radius 2 is 2.11 bits per heavy atom.